The first-order valence-corrected chi connectivity index (χ1v) is 6.84. The number of likely N-dealkylation sites (tertiary alicyclic amines) is 1. The molecule has 2 nitrogen and oxygen atoms in total. The van der Waals surface area contributed by atoms with Gasteiger partial charge in [0.25, 0.3) is 0 Å². The molecule has 0 bridgehead atoms. The van der Waals surface area contributed by atoms with E-state index in [9.17, 15) is 8.78 Å². The van der Waals surface area contributed by atoms with E-state index in [0.717, 1.165) is 32.6 Å². The van der Waals surface area contributed by atoms with Gasteiger partial charge in [0.15, 0.2) is 0 Å². The lowest BCUT2D eigenvalue weighted by molar-refractivity contribution is -0.0562. The van der Waals surface area contributed by atoms with Crippen molar-refractivity contribution >= 4 is 0 Å². The Morgan fingerprint density at radius 1 is 1.29 bits per heavy atom. The molecule has 2 unspecified atom stereocenters. The summed E-state index contributed by atoms with van der Waals surface area (Å²) in [4.78, 5) is 2.38. The molecule has 0 aromatic carbocycles. The van der Waals surface area contributed by atoms with Gasteiger partial charge in [-0.25, -0.2) is 8.78 Å². The van der Waals surface area contributed by atoms with Crippen molar-refractivity contribution in [2.75, 3.05) is 33.2 Å². The highest BCUT2D eigenvalue weighted by Gasteiger charge is 2.37. The van der Waals surface area contributed by atoms with Crippen molar-refractivity contribution in [3.05, 3.63) is 0 Å². The fourth-order valence-corrected chi connectivity index (χ4v) is 3.33. The lowest BCUT2D eigenvalue weighted by Crippen LogP contribution is -2.35. The molecule has 0 amide bonds. The maximum Gasteiger partial charge on any atom is 0.248 e. The summed E-state index contributed by atoms with van der Waals surface area (Å²) in [6, 6.07) is 0. The predicted molar refractivity (Wildman–Crippen MR) is 65.4 cm³/mol. The normalized spacial score (nSPS) is 34.1. The Morgan fingerprint density at radius 3 is 2.82 bits per heavy atom. The lowest BCUT2D eigenvalue weighted by Gasteiger charge is -2.31. The first-order chi connectivity index (χ1) is 8.09. The van der Waals surface area contributed by atoms with Gasteiger partial charge in [-0.05, 0) is 51.2 Å². The summed E-state index contributed by atoms with van der Waals surface area (Å²) >= 11 is 0. The molecular weight excluding hydrogens is 222 g/mol. The third-order valence-corrected chi connectivity index (χ3v) is 4.12. The van der Waals surface area contributed by atoms with Crippen LogP contribution in [0.3, 0.4) is 0 Å². The Labute approximate surface area is 103 Å². The molecule has 0 spiro atoms. The molecule has 0 aromatic rings. The van der Waals surface area contributed by atoms with Crippen LogP contribution in [0, 0.1) is 11.8 Å². The number of nitrogens with zero attached hydrogens (tertiary/aromatic N) is 1. The van der Waals surface area contributed by atoms with Gasteiger partial charge in [-0.3, -0.25) is 0 Å². The molecule has 1 N–H and O–H groups in total. The molecule has 0 radical (unpaired) electrons. The Morgan fingerprint density at radius 2 is 2.12 bits per heavy atom. The second-order valence-corrected chi connectivity index (χ2v) is 5.79. The van der Waals surface area contributed by atoms with Crippen molar-refractivity contribution in [1.82, 2.24) is 10.2 Å². The summed E-state index contributed by atoms with van der Waals surface area (Å²) in [5.74, 6) is -1.47. The summed E-state index contributed by atoms with van der Waals surface area (Å²) in [5.41, 5.74) is 0. The van der Waals surface area contributed by atoms with Crippen LogP contribution in [0.1, 0.15) is 32.1 Å². The smallest absolute Gasteiger partial charge is 0.248 e. The number of alkyl halides is 2. The molecule has 1 saturated heterocycles. The van der Waals surface area contributed by atoms with E-state index in [-0.39, 0.29) is 18.8 Å². The zero-order chi connectivity index (χ0) is 12.3. The summed E-state index contributed by atoms with van der Waals surface area (Å²) in [6.45, 7) is 4.12. The fourth-order valence-electron chi connectivity index (χ4n) is 3.33. The van der Waals surface area contributed by atoms with E-state index in [1.807, 2.05) is 7.05 Å². The summed E-state index contributed by atoms with van der Waals surface area (Å²) in [6.07, 6.45) is 3.12. The van der Waals surface area contributed by atoms with Crippen molar-refractivity contribution in [1.29, 1.82) is 0 Å². The molecule has 4 heteroatoms. The fraction of sp³-hybridized carbons (Fsp3) is 1.00. The van der Waals surface area contributed by atoms with Crippen molar-refractivity contribution in [2.45, 2.75) is 38.0 Å². The van der Waals surface area contributed by atoms with E-state index >= 15 is 0 Å². The largest absolute Gasteiger partial charge is 0.319 e. The van der Waals surface area contributed by atoms with Gasteiger partial charge in [0.05, 0.1) is 0 Å². The van der Waals surface area contributed by atoms with Crippen molar-refractivity contribution in [2.24, 2.45) is 11.8 Å². The molecule has 0 aromatic heterocycles. The average Bonchev–Trinajstić information content (AvgIpc) is 2.64. The van der Waals surface area contributed by atoms with E-state index in [2.05, 4.69) is 10.2 Å². The number of halogens is 2. The highest BCUT2D eigenvalue weighted by atomic mass is 19.3. The molecule has 2 atom stereocenters. The van der Waals surface area contributed by atoms with Crippen LogP contribution < -0.4 is 5.32 Å². The highest BCUT2D eigenvalue weighted by molar-refractivity contribution is 4.83. The van der Waals surface area contributed by atoms with Gasteiger partial charge in [0.2, 0.25) is 5.92 Å². The third-order valence-electron chi connectivity index (χ3n) is 4.12. The van der Waals surface area contributed by atoms with Crippen LogP contribution in [0.4, 0.5) is 8.78 Å². The number of hydrogen-bond donors (Lipinski definition) is 1. The zero-order valence-corrected chi connectivity index (χ0v) is 10.7. The van der Waals surface area contributed by atoms with Gasteiger partial charge in [-0.15, -0.1) is 0 Å². The average molecular weight is 246 g/mol. The number of hydrogen-bond acceptors (Lipinski definition) is 2. The molecule has 1 aliphatic carbocycles. The van der Waals surface area contributed by atoms with Crippen LogP contribution in [0.2, 0.25) is 0 Å². The molecule has 2 fully saturated rings. The highest BCUT2D eigenvalue weighted by Crippen LogP contribution is 2.37. The van der Waals surface area contributed by atoms with E-state index in [0.29, 0.717) is 12.3 Å². The third kappa shape index (κ3) is 3.88. The van der Waals surface area contributed by atoms with Crippen molar-refractivity contribution < 1.29 is 8.78 Å². The van der Waals surface area contributed by atoms with Gasteiger partial charge in [0.1, 0.15) is 0 Å². The van der Waals surface area contributed by atoms with Gasteiger partial charge in [0, 0.05) is 25.9 Å². The Kier molecular flexibility index (Phi) is 4.36. The molecule has 1 saturated carbocycles. The standard InChI is InChI=1S/C13H24F2N2/c1-16-8-12-4-6-17(10-12)9-11-3-2-5-13(14,15)7-11/h11-12,16H,2-10H2,1H3. The first-order valence-electron chi connectivity index (χ1n) is 6.84. The van der Waals surface area contributed by atoms with Crippen LogP contribution in [0.15, 0.2) is 0 Å². The molecule has 17 heavy (non-hydrogen) atoms. The number of rotatable bonds is 4. The van der Waals surface area contributed by atoms with Crippen LogP contribution >= 0.6 is 0 Å². The Balaban J connectivity index is 1.74. The minimum Gasteiger partial charge on any atom is -0.319 e. The van der Waals surface area contributed by atoms with Crippen LogP contribution in [0.5, 0.6) is 0 Å². The topological polar surface area (TPSA) is 15.3 Å². The van der Waals surface area contributed by atoms with E-state index in [1.54, 1.807) is 0 Å². The minimum absolute atomic E-state index is 0.103. The maximum atomic E-state index is 13.3. The van der Waals surface area contributed by atoms with E-state index in [4.69, 9.17) is 0 Å². The quantitative estimate of drug-likeness (QED) is 0.819. The van der Waals surface area contributed by atoms with Crippen LogP contribution in [-0.2, 0) is 0 Å². The molecule has 2 rings (SSSR count). The Bertz CT molecular complexity index is 246. The summed E-state index contributed by atoms with van der Waals surface area (Å²) < 4.78 is 26.6. The molecule has 1 aliphatic heterocycles. The van der Waals surface area contributed by atoms with E-state index in [1.165, 1.54) is 6.42 Å². The number of nitrogens with one attached hydrogen (secondary N) is 1. The molecular formula is C13H24F2N2. The minimum atomic E-state index is -2.40. The molecule has 1 heterocycles. The van der Waals surface area contributed by atoms with Gasteiger partial charge in [-0.1, -0.05) is 0 Å². The second-order valence-electron chi connectivity index (χ2n) is 5.79. The Hall–Kier alpha value is -0.220. The van der Waals surface area contributed by atoms with Crippen LogP contribution in [-0.4, -0.2) is 44.0 Å². The molecule has 100 valence electrons. The lowest BCUT2D eigenvalue weighted by atomic mass is 9.86. The zero-order valence-electron chi connectivity index (χ0n) is 10.7. The molecule has 2 aliphatic rings. The second kappa shape index (κ2) is 5.61. The van der Waals surface area contributed by atoms with Gasteiger partial charge >= 0.3 is 0 Å². The summed E-state index contributed by atoms with van der Waals surface area (Å²) in [7, 11) is 1.98. The monoisotopic (exact) mass is 246 g/mol. The first kappa shape index (κ1) is 13.2. The predicted octanol–water partition coefficient (Wildman–Crippen LogP) is 2.35. The van der Waals surface area contributed by atoms with Gasteiger partial charge in [-0.2, -0.15) is 0 Å². The summed E-state index contributed by atoms with van der Waals surface area (Å²) in [5, 5.41) is 3.20. The maximum absolute atomic E-state index is 13.3. The van der Waals surface area contributed by atoms with Crippen LogP contribution in [0.25, 0.3) is 0 Å². The van der Waals surface area contributed by atoms with Crippen molar-refractivity contribution in [3.63, 3.8) is 0 Å². The van der Waals surface area contributed by atoms with Crippen molar-refractivity contribution in [3.8, 4) is 0 Å². The van der Waals surface area contributed by atoms with Gasteiger partial charge < -0.3 is 10.2 Å². The SMILES string of the molecule is CNCC1CCN(CC2CCCC(F)(F)C2)C1. The van der Waals surface area contributed by atoms with E-state index < -0.39 is 5.92 Å².